The predicted molar refractivity (Wildman–Crippen MR) is 76.4 cm³/mol. The summed E-state index contributed by atoms with van der Waals surface area (Å²) in [6, 6.07) is 11.6. The van der Waals surface area contributed by atoms with Gasteiger partial charge in [0.1, 0.15) is 11.5 Å². The highest BCUT2D eigenvalue weighted by Crippen LogP contribution is 2.12. The zero-order valence-electron chi connectivity index (χ0n) is 11.8. The number of carbonyl (C=O) groups is 1. The molecule has 0 spiro atoms. The van der Waals surface area contributed by atoms with Gasteiger partial charge in [0.05, 0.1) is 13.0 Å². The van der Waals surface area contributed by atoms with Gasteiger partial charge in [0.2, 0.25) is 0 Å². The topological polar surface area (TPSA) is 53.7 Å². The van der Waals surface area contributed by atoms with Gasteiger partial charge in [-0.2, -0.15) is 0 Å². The molecule has 0 aliphatic rings. The second-order valence-corrected chi connectivity index (χ2v) is 5.07. The first kappa shape index (κ1) is 14.3. The lowest BCUT2D eigenvalue weighted by molar-refractivity contribution is -0.136. The molecule has 0 atom stereocenters. The van der Waals surface area contributed by atoms with Crippen molar-refractivity contribution >= 4 is 5.97 Å². The number of furan rings is 1. The Bertz CT molecular complexity index is 572. The van der Waals surface area contributed by atoms with Crippen LogP contribution in [0, 0.1) is 6.92 Å². The molecular weight excluding hydrogens is 254 g/mol. The van der Waals surface area contributed by atoms with Crippen LogP contribution in [0.15, 0.2) is 40.8 Å². The van der Waals surface area contributed by atoms with Crippen molar-refractivity contribution in [2.24, 2.45) is 0 Å². The Kier molecular flexibility index (Phi) is 4.58. The molecule has 1 aromatic heterocycles. The van der Waals surface area contributed by atoms with E-state index >= 15 is 0 Å². The number of hydrogen-bond acceptors (Lipinski definition) is 3. The molecule has 106 valence electrons. The van der Waals surface area contributed by atoms with Gasteiger partial charge in [-0.25, -0.2) is 0 Å². The number of aryl methyl sites for hydroxylation is 1. The quantitative estimate of drug-likeness (QED) is 0.879. The fourth-order valence-corrected chi connectivity index (χ4v) is 2.14. The Morgan fingerprint density at radius 2 is 1.75 bits per heavy atom. The Labute approximate surface area is 118 Å². The van der Waals surface area contributed by atoms with Crippen molar-refractivity contribution in [3.63, 3.8) is 0 Å². The van der Waals surface area contributed by atoms with E-state index in [1.807, 2.05) is 50.4 Å². The largest absolute Gasteiger partial charge is 0.481 e. The van der Waals surface area contributed by atoms with Gasteiger partial charge in [0.25, 0.3) is 0 Å². The molecular formula is C16H19NO3. The first-order valence-electron chi connectivity index (χ1n) is 6.56. The molecule has 0 aliphatic carbocycles. The number of nitrogens with zero attached hydrogens (tertiary/aromatic N) is 1. The monoisotopic (exact) mass is 273 g/mol. The molecule has 2 rings (SSSR count). The molecule has 1 N–H and O–H groups in total. The Morgan fingerprint density at radius 3 is 2.30 bits per heavy atom. The molecule has 4 nitrogen and oxygen atoms in total. The van der Waals surface area contributed by atoms with Crippen LogP contribution in [-0.2, 0) is 24.3 Å². The number of hydrogen-bond donors (Lipinski definition) is 1. The number of benzene rings is 1. The summed E-state index contributed by atoms with van der Waals surface area (Å²) >= 11 is 0. The third kappa shape index (κ3) is 4.24. The van der Waals surface area contributed by atoms with Gasteiger partial charge in [0, 0.05) is 6.54 Å². The van der Waals surface area contributed by atoms with E-state index in [1.54, 1.807) is 0 Å². The van der Waals surface area contributed by atoms with E-state index in [-0.39, 0.29) is 6.42 Å². The van der Waals surface area contributed by atoms with Crippen LogP contribution in [0.2, 0.25) is 0 Å². The number of rotatable bonds is 6. The van der Waals surface area contributed by atoms with Crippen LogP contribution in [0.3, 0.4) is 0 Å². The van der Waals surface area contributed by atoms with E-state index in [0.29, 0.717) is 0 Å². The maximum atomic E-state index is 10.6. The minimum Gasteiger partial charge on any atom is -0.481 e. The minimum atomic E-state index is -0.803. The van der Waals surface area contributed by atoms with Crippen molar-refractivity contribution < 1.29 is 14.3 Å². The van der Waals surface area contributed by atoms with Crippen molar-refractivity contribution in [1.29, 1.82) is 0 Å². The molecule has 0 saturated carbocycles. The highest BCUT2D eigenvalue weighted by molar-refractivity contribution is 5.70. The zero-order chi connectivity index (χ0) is 14.5. The van der Waals surface area contributed by atoms with Gasteiger partial charge in [-0.05, 0) is 37.2 Å². The van der Waals surface area contributed by atoms with Crippen molar-refractivity contribution in [3.8, 4) is 0 Å². The third-order valence-electron chi connectivity index (χ3n) is 3.05. The van der Waals surface area contributed by atoms with Crippen LogP contribution in [0.4, 0.5) is 0 Å². The van der Waals surface area contributed by atoms with Gasteiger partial charge in [-0.1, -0.05) is 24.3 Å². The number of carboxylic acid groups (broad SMARTS) is 1. The van der Waals surface area contributed by atoms with Crippen LogP contribution in [0.5, 0.6) is 0 Å². The molecule has 1 aromatic carbocycles. The van der Waals surface area contributed by atoms with Crippen molar-refractivity contribution in [2.75, 3.05) is 7.05 Å². The first-order chi connectivity index (χ1) is 9.52. The zero-order valence-corrected chi connectivity index (χ0v) is 11.8. The molecule has 0 aliphatic heterocycles. The maximum absolute atomic E-state index is 10.6. The number of aliphatic carboxylic acids is 1. The van der Waals surface area contributed by atoms with Crippen molar-refractivity contribution in [2.45, 2.75) is 26.4 Å². The van der Waals surface area contributed by atoms with E-state index in [1.165, 1.54) is 0 Å². The van der Waals surface area contributed by atoms with E-state index in [9.17, 15) is 4.79 Å². The highest BCUT2D eigenvalue weighted by Gasteiger charge is 2.06. The molecule has 0 bridgehead atoms. The summed E-state index contributed by atoms with van der Waals surface area (Å²) in [6.07, 6.45) is 0.0712. The van der Waals surface area contributed by atoms with Gasteiger partial charge in [-0.3, -0.25) is 9.69 Å². The average molecular weight is 273 g/mol. The normalized spacial score (nSPS) is 10.9. The Morgan fingerprint density at radius 1 is 1.10 bits per heavy atom. The molecule has 0 radical (unpaired) electrons. The smallest absolute Gasteiger partial charge is 0.307 e. The lowest BCUT2D eigenvalue weighted by Crippen LogP contribution is -2.16. The predicted octanol–water partition coefficient (Wildman–Crippen LogP) is 2.85. The Hall–Kier alpha value is -2.07. The molecule has 4 heteroatoms. The van der Waals surface area contributed by atoms with E-state index in [2.05, 4.69) is 4.90 Å². The van der Waals surface area contributed by atoms with E-state index < -0.39 is 5.97 Å². The van der Waals surface area contributed by atoms with Gasteiger partial charge in [-0.15, -0.1) is 0 Å². The molecule has 20 heavy (non-hydrogen) atoms. The van der Waals surface area contributed by atoms with Crippen LogP contribution in [0.1, 0.15) is 22.6 Å². The summed E-state index contributed by atoms with van der Waals surface area (Å²) in [6.45, 7) is 3.49. The fourth-order valence-electron chi connectivity index (χ4n) is 2.14. The van der Waals surface area contributed by atoms with Gasteiger partial charge in [0.15, 0.2) is 0 Å². The highest BCUT2D eigenvalue weighted by atomic mass is 16.4. The standard InChI is InChI=1S/C16H19NO3/c1-12-3-8-15(20-12)11-17(2)10-14-6-4-13(5-7-14)9-16(18)19/h3-8H,9-11H2,1-2H3,(H,18,19). The Balaban J connectivity index is 1.90. The van der Waals surface area contributed by atoms with E-state index in [4.69, 9.17) is 9.52 Å². The maximum Gasteiger partial charge on any atom is 0.307 e. The molecule has 2 aromatic rings. The molecule has 0 amide bonds. The van der Waals surface area contributed by atoms with Crippen LogP contribution in [-0.4, -0.2) is 23.0 Å². The molecule has 1 heterocycles. The minimum absolute atomic E-state index is 0.0712. The summed E-state index contributed by atoms with van der Waals surface area (Å²) in [5.74, 6) is 1.07. The summed E-state index contributed by atoms with van der Waals surface area (Å²) in [5.41, 5.74) is 1.98. The molecule has 0 saturated heterocycles. The lowest BCUT2D eigenvalue weighted by Gasteiger charge is -2.15. The summed E-state index contributed by atoms with van der Waals surface area (Å²) < 4.78 is 5.55. The van der Waals surface area contributed by atoms with Gasteiger partial charge < -0.3 is 9.52 Å². The lowest BCUT2D eigenvalue weighted by atomic mass is 10.1. The van der Waals surface area contributed by atoms with Crippen molar-refractivity contribution in [1.82, 2.24) is 4.90 Å². The third-order valence-corrected chi connectivity index (χ3v) is 3.05. The number of carboxylic acids is 1. The summed E-state index contributed by atoms with van der Waals surface area (Å²) in [4.78, 5) is 12.8. The fraction of sp³-hybridized carbons (Fsp3) is 0.312. The SMILES string of the molecule is Cc1ccc(CN(C)Cc2ccc(CC(=O)O)cc2)o1. The second-order valence-electron chi connectivity index (χ2n) is 5.07. The van der Waals surface area contributed by atoms with Crippen LogP contribution < -0.4 is 0 Å². The molecule has 0 fully saturated rings. The second kappa shape index (κ2) is 6.39. The van der Waals surface area contributed by atoms with Crippen LogP contribution >= 0.6 is 0 Å². The first-order valence-corrected chi connectivity index (χ1v) is 6.56. The van der Waals surface area contributed by atoms with Gasteiger partial charge >= 0.3 is 5.97 Å². The van der Waals surface area contributed by atoms with E-state index in [0.717, 1.165) is 35.7 Å². The van der Waals surface area contributed by atoms with Crippen molar-refractivity contribution in [3.05, 3.63) is 59.0 Å². The summed E-state index contributed by atoms with van der Waals surface area (Å²) in [7, 11) is 2.03. The summed E-state index contributed by atoms with van der Waals surface area (Å²) in [5, 5.41) is 8.73. The van der Waals surface area contributed by atoms with Crippen LogP contribution in [0.25, 0.3) is 0 Å². The average Bonchev–Trinajstić information content (AvgIpc) is 2.76. The molecule has 0 unspecified atom stereocenters.